The van der Waals surface area contributed by atoms with Gasteiger partial charge in [0.2, 0.25) is 0 Å². The highest BCUT2D eigenvalue weighted by Gasteiger charge is 2.32. The summed E-state index contributed by atoms with van der Waals surface area (Å²) in [6.07, 6.45) is -3.80. The van der Waals surface area contributed by atoms with Crippen LogP contribution in [-0.4, -0.2) is 4.98 Å². The Hall–Kier alpha value is -2.24. The van der Waals surface area contributed by atoms with E-state index in [1.54, 1.807) is 12.1 Å². The van der Waals surface area contributed by atoms with E-state index in [9.17, 15) is 13.2 Å². The highest BCUT2D eigenvalue weighted by molar-refractivity contribution is 5.51. The minimum Gasteiger partial charge on any atom is -0.453 e. The molecule has 112 valence electrons. The van der Waals surface area contributed by atoms with Crippen molar-refractivity contribution in [2.24, 2.45) is 0 Å². The van der Waals surface area contributed by atoms with Gasteiger partial charge in [0.1, 0.15) is 5.75 Å². The molecule has 3 nitrogen and oxygen atoms in total. The van der Waals surface area contributed by atoms with Crippen LogP contribution in [0.2, 0.25) is 0 Å². The molecule has 0 saturated carbocycles. The van der Waals surface area contributed by atoms with E-state index in [0.29, 0.717) is 11.9 Å². The number of nitrogens with zero attached hydrogens (tertiary/aromatic N) is 1. The van der Waals surface area contributed by atoms with Gasteiger partial charge in [0.25, 0.3) is 0 Å². The first kappa shape index (κ1) is 15.2. The molecule has 1 aromatic heterocycles. The fourth-order valence-corrected chi connectivity index (χ4v) is 1.86. The van der Waals surface area contributed by atoms with E-state index in [2.05, 4.69) is 4.98 Å². The smallest absolute Gasteiger partial charge is 0.418 e. The highest BCUT2D eigenvalue weighted by atomic mass is 19.4. The quantitative estimate of drug-likeness (QED) is 0.900. The van der Waals surface area contributed by atoms with Crippen molar-refractivity contribution < 1.29 is 17.9 Å². The topological polar surface area (TPSA) is 48.1 Å². The zero-order chi connectivity index (χ0) is 15.6. The van der Waals surface area contributed by atoms with Crippen LogP contribution in [0.5, 0.6) is 11.5 Å². The van der Waals surface area contributed by atoms with Gasteiger partial charge in [-0.25, -0.2) is 4.98 Å². The molecule has 0 aliphatic rings. The Morgan fingerprint density at radius 3 is 2.43 bits per heavy atom. The van der Waals surface area contributed by atoms with Crippen molar-refractivity contribution in [1.29, 1.82) is 0 Å². The maximum atomic E-state index is 12.7. The molecule has 0 fully saturated rings. The molecule has 0 unspecified atom stereocenters. The summed E-state index contributed by atoms with van der Waals surface area (Å²) in [5.41, 5.74) is 5.59. The van der Waals surface area contributed by atoms with E-state index in [1.807, 2.05) is 26.0 Å². The normalized spacial score (nSPS) is 11.7. The molecule has 0 bridgehead atoms. The molecule has 2 N–H and O–H groups in total. The summed E-state index contributed by atoms with van der Waals surface area (Å²) in [6, 6.07) is 8.00. The second-order valence-electron chi connectivity index (χ2n) is 4.90. The number of alkyl halides is 3. The lowest BCUT2D eigenvalue weighted by molar-refractivity contribution is -0.137. The summed E-state index contributed by atoms with van der Waals surface area (Å²) < 4.78 is 43.7. The number of pyridine rings is 1. The lowest BCUT2D eigenvalue weighted by atomic mass is 10.0. The van der Waals surface area contributed by atoms with E-state index >= 15 is 0 Å². The fraction of sp³-hybridized carbons (Fsp3) is 0.267. The maximum Gasteiger partial charge on any atom is 0.418 e. The van der Waals surface area contributed by atoms with Crippen LogP contribution in [0.3, 0.4) is 0 Å². The average Bonchev–Trinajstić information content (AvgIpc) is 2.40. The molecule has 2 rings (SSSR count). The predicted molar refractivity (Wildman–Crippen MR) is 74.3 cm³/mol. The van der Waals surface area contributed by atoms with Gasteiger partial charge in [0, 0.05) is 6.20 Å². The number of rotatable bonds is 3. The van der Waals surface area contributed by atoms with Gasteiger partial charge in [0.15, 0.2) is 11.6 Å². The van der Waals surface area contributed by atoms with Crippen molar-refractivity contribution in [1.82, 2.24) is 4.98 Å². The molecule has 0 aliphatic heterocycles. The summed E-state index contributed by atoms with van der Waals surface area (Å²) in [5, 5.41) is 0. The number of aromatic nitrogens is 1. The van der Waals surface area contributed by atoms with Crippen LogP contribution in [0.1, 0.15) is 30.9 Å². The molecule has 0 saturated heterocycles. The molecule has 1 heterocycles. The lowest BCUT2D eigenvalue weighted by Crippen LogP contribution is -2.07. The van der Waals surface area contributed by atoms with E-state index in [4.69, 9.17) is 10.5 Å². The maximum absolute atomic E-state index is 12.7. The van der Waals surface area contributed by atoms with Gasteiger partial charge >= 0.3 is 6.18 Å². The Balaban J connectivity index is 2.40. The van der Waals surface area contributed by atoms with Crippen molar-refractivity contribution in [3.05, 3.63) is 47.7 Å². The Kier molecular flexibility index (Phi) is 4.06. The van der Waals surface area contributed by atoms with Crippen LogP contribution in [0.25, 0.3) is 0 Å². The number of ether oxygens (including phenoxy) is 1. The number of para-hydroxylation sites is 1. The van der Waals surface area contributed by atoms with E-state index in [1.165, 1.54) is 0 Å². The summed E-state index contributed by atoms with van der Waals surface area (Å²) in [6.45, 7) is 3.94. The van der Waals surface area contributed by atoms with E-state index in [-0.39, 0.29) is 17.5 Å². The Morgan fingerprint density at radius 2 is 1.81 bits per heavy atom. The third-order valence-corrected chi connectivity index (χ3v) is 2.97. The first-order chi connectivity index (χ1) is 9.79. The zero-order valence-electron chi connectivity index (χ0n) is 11.6. The largest absolute Gasteiger partial charge is 0.453 e. The molecule has 0 atom stereocenters. The number of halogens is 3. The van der Waals surface area contributed by atoms with Gasteiger partial charge in [-0.05, 0) is 23.6 Å². The van der Waals surface area contributed by atoms with Crippen LogP contribution >= 0.6 is 0 Å². The average molecular weight is 296 g/mol. The number of benzene rings is 1. The van der Waals surface area contributed by atoms with Gasteiger partial charge in [-0.15, -0.1) is 0 Å². The summed E-state index contributed by atoms with van der Waals surface area (Å²) in [7, 11) is 0. The van der Waals surface area contributed by atoms with Crippen LogP contribution in [0, 0.1) is 0 Å². The summed E-state index contributed by atoms with van der Waals surface area (Å²) in [4.78, 5) is 3.55. The molecule has 0 spiro atoms. The summed E-state index contributed by atoms with van der Waals surface area (Å²) >= 11 is 0. The van der Waals surface area contributed by atoms with E-state index in [0.717, 1.165) is 11.6 Å². The monoisotopic (exact) mass is 296 g/mol. The Morgan fingerprint density at radius 1 is 1.14 bits per heavy atom. The molecular weight excluding hydrogens is 281 g/mol. The fourth-order valence-electron chi connectivity index (χ4n) is 1.86. The molecule has 0 amide bonds. The third-order valence-electron chi connectivity index (χ3n) is 2.97. The first-order valence-corrected chi connectivity index (χ1v) is 6.38. The van der Waals surface area contributed by atoms with Gasteiger partial charge in [0.05, 0.1) is 5.56 Å². The molecule has 2 aromatic rings. The van der Waals surface area contributed by atoms with Gasteiger partial charge in [-0.1, -0.05) is 32.0 Å². The Labute approximate surface area is 120 Å². The molecule has 21 heavy (non-hydrogen) atoms. The van der Waals surface area contributed by atoms with E-state index < -0.39 is 11.7 Å². The van der Waals surface area contributed by atoms with Crippen molar-refractivity contribution in [2.75, 3.05) is 5.73 Å². The van der Waals surface area contributed by atoms with Crippen LogP contribution in [0.15, 0.2) is 36.5 Å². The minimum atomic E-state index is -4.49. The number of anilines is 1. The summed E-state index contributed by atoms with van der Waals surface area (Å²) in [5.74, 6) is 0.459. The second-order valence-corrected chi connectivity index (χ2v) is 4.90. The predicted octanol–water partition coefficient (Wildman–Crippen LogP) is 4.60. The number of nitrogens with two attached hydrogens (primary N) is 1. The number of nitrogen functional groups attached to an aromatic ring is 1. The lowest BCUT2D eigenvalue weighted by Gasteiger charge is -2.15. The number of hydrogen-bond donors (Lipinski definition) is 1. The van der Waals surface area contributed by atoms with Crippen molar-refractivity contribution in [2.45, 2.75) is 25.9 Å². The molecule has 6 heteroatoms. The molecular formula is C15H15F3N2O. The molecule has 1 aromatic carbocycles. The van der Waals surface area contributed by atoms with Gasteiger partial charge < -0.3 is 10.5 Å². The third kappa shape index (κ3) is 3.45. The van der Waals surface area contributed by atoms with Crippen LogP contribution in [0.4, 0.5) is 19.0 Å². The first-order valence-electron chi connectivity index (χ1n) is 6.38. The van der Waals surface area contributed by atoms with Crippen LogP contribution in [-0.2, 0) is 6.18 Å². The molecule has 0 aliphatic carbocycles. The van der Waals surface area contributed by atoms with Crippen molar-refractivity contribution in [3.63, 3.8) is 0 Å². The van der Waals surface area contributed by atoms with Gasteiger partial charge in [-0.2, -0.15) is 13.2 Å². The standard InChI is InChI=1S/C15H15F3N2O/c1-9(2)11-5-3-4-6-12(11)21-13-7-10(15(16,17)18)8-20-14(13)19/h3-9H,1-2H3,(H2,19,20). The van der Waals surface area contributed by atoms with Gasteiger partial charge in [-0.3, -0.25) is 0 Å². The van der Waals surface area contributed by atoms with Crippen LogP contribution < -0.4 is 10.5 Å². The second kappa shape index (κ2) is 5.63. The highest BCUT2D eigenvalue weighted by Crippen LogP contribution is 2.36. The Bertz CT molecular complexity index is 639. The zero-order valence-corrected chi connectivity index (χ0v) is 11.6. The molecule has 0 radical (unpaired) electrons. The minimum absolute atomic E-state index is 0.0819. The van der Waals surface area contributed by atoms with Crippen molar-refractivity contribution >= 4 is 5.82 Å². The van der Waals surface area contributed by atoms with Crippen molar-refractivity contribution in [3.8, 4) is 11.5 Å². The SMILES string of the molecule is CC(C)c1ccccc1Oc1cc(C(F)(F)F)cnc1N. The number of hydrogen-bond acceptors (Lipinski definition) is 3.